The second kappa shape index (κ2) is 7.67. The van der Waals surface area contributed by atoms with Gasteiger partial charge in [0.25, 0.3) is 0 Å². The topological polar surface area (TPSA) is 98.3 Å². The lowest BCUT2D eigenvalue weighted by Gasteiger charge is -2.35. The number of aromatic nitrogens is 2. The number of urea groups is 1. The van der Waals surface area contributed by atoms with Gasteiger partial charge in [0.15, 0.2) is 0 Å². The van der Waals surface area contributed by atoms with Crippen LogP contribution in [0.1, 0.15) is 33.4 Å². The van der Waals surface area contributed by atoms with Crippen LogP contribution in [0.15, 0.2) is 53.3 Å². The summed E-state index contributed by atoms with van der Waals surface area (Å²) < 4.78 is 15.3. The van der Waals surface area contributed by atoms with Crippen molar-refractivity contribution in [1.29, 1.82) is 0 Å². The number of aromatic carboxylic acids is 1. The Hall–Kier alpha value is -3.20. The third-order valence-electron chi connectivity index (χ3n) is 4.83. The van der Waals surface area contributed by atoms with Crippen LogP contribution in [0.3, 0.4) is 0 Å². The molecule has 1 aromatic heterocycles. The number of anilines is 1. The molecule has 1 atom stereocenters. The molecule has 29 heavy (non-hydrogen) atoms. The van der Waals surface area contributed by atoms with Gasteiger partial charge in [-0.15, -0.1) is 0 Å². The summed E-state index contributed by atoms with van der Waals surface area (Å²) in [6.07, 6.45) is 2.11. The summed E-state index contributed by atoms with van der Waals surface area (Å²) in [5.74, 6) is -1.49. The fourth-order valence-electron chi connectivity index (χ4n) is 3.43. The van der Waals surface area contributed by atoms with Crippen LogP contribution in [-0.2, 0) is 6.42 Å². The smallest absolute Gasteiger partial charge is 0.335 e. The van der Waals surface area contributed by atoms with Crippen molar-refractivity contribution >= 4 is 33.6 Å². The average molecular weight is 459 g/mol. The monoisotopic (exact) mass is 458 g/mol. The van der Waals surface area contributed by atoms with Crippen LogP contribution in [0.5, 0.6) is 0 Å². The summed E-state index contributed by atoms with van der Waals surface area (Å²) >= 11 is 3.25. The van der Waals surface area contributed by atoms with Gasteiger partial charge in [0, 0.05) is 34.4 Å². The highest BCUT2D eigenvalue weighted by molar-refractivity contribution is 9.10. The number of H-pyrrole nitrogens is 1. The van der Waals surface area contributed by atoms with Crippen molar-refractivity contribution in [2.24, 2.45) is 0 Å². The molecule has 0 aliphatic carbocycles. The molecule has 0 saturated carbocycles. The minimum atomic E-state index is -1.05. The standard InChI is InChI=1S/C20H16BrFN4O3/c21-12-3-6-14(15(22)9-12)18-17-16(23-10-24-17)7-8-26(18)20(29)25-13-4-1-11(2-5-13)19(27)28/h1-6,9-10,18H,7-8H2,(H,23,24)(H,25,29)(H,27,28)/t18-/m1/s1. The van der Waals surface area contributed by atoms with Crippen LogP contribution in [0.25, 0.3) is 0 Å². The van der Waals surface area contributed by atoms with E-state index in [1.807, 2.05) is 0 Å². The van der Waals surface area contributed by atoms with Crippen LogP contribution < -0.4 is 5.32 Å². The highest BCUT2D eigenvalue weighted by atomic mass is 79.9. The third kappa shape index (κ3) is 3.73. The molecular formula is C20H16BrFN4O3. The van der Waals surface area contributed by atoms with E-state index in [1.165, 1.54) is 35.2 Å². The maximum atomic E-state index is 14.7. The molecule has 4 rings (SSSR count). The first kappa shape index (κ1) is 19.1. The van der Waals surface area contributed by atoms with Crippen LogP contribution >= 0.6 is 15.9 Å². The molecule has 0 bridgehead atoms. The number of carbonyl (C=O) groups is 2. The molecule has 148 valence electrons. The lowest BCUT2D eigenvalue weighted by molar-refractivity contribution is 0.0697. The zero-order valence-corrected chi connectivity index (χ0v) is 16.6. The molecule has 9 heteroatoms. The van der Waals surface area contributed by atoms with Crippen molar-refractivity contribution in [2.75, 3.05) is 11.9 Å². The number of rotatable bonds is 3. The normalized spacial score (nSPS) is 15.7. The number of hydrogen-bond donors (Lipinski definition) is 3. The lowest BCUT2D eigenvalue weighted by atomic mass is 9.95. The molecule has 2 aromatic carbocycles. The second-order valence-electron chi connectivity index (χ2n) is 6.59. The molecule has 0 radical (unpaired) electrons. The zero-order chi connectivity index (χ0) is 20.5. The van der Waals surface area contributed by atoms with Gasteiger partial charge in [-0.25, -0.2) is 19.0 Å². The first-order valence-corrected chi connectivity index (χ1v) is 9.61. The van der Waals surface area contributed by atoms with Crippen molar-refractivity contribution in [2.45, 2.75) is 12.5 Å². The van der Waals surface area contributed by atoms with E-state index < -0.39 is 23.9 Å². The van der Waals surface area contributed by atoms with Crippen molar-refractivity contribution < 1.29 is 19.1 Å². The maximum Gasteiger partial charge on any atom is 0.335 e. The van der Waals surface area contributed by atoms with Gasteiger partial charge < -0.3 is 20.3 Å². The van der Waals surface area contributed by atoms with E-state index >= 15 is 0 Å². The van der Waals surface area contributed by atoms with Crippen molar-refractivity contribution in [3.05, 3.63) is 81.6 Å². The predicted octanol–water partition coefficient (Wildman–Crippen LogP) is 4.19. The number of amides is 2. The Labute approximate surface area is 173 Å². The van der Waals surface area contributed by atoms with Crippen molar-refractivity contribution in [3.63, 3.8) is 0 Å². The van der Waals surface area contributed by atoms with E-state index in [0.29, 0.717) is 34.4 Å². The fraction of sp³-hybridized carbons (Fsp3) is 0.150. The van der Waals surface area contributed by atoms with Gasteiger partial charge in [-0.1, -0.05) is 22.0 Å². The van der Waals surface area contributed by atoms with Crippen LogP contribution in [0.2, 0.25) is 0 Å². The Morgan fingerprint density at radius 1 is 1.24 bits per heavy atom. The Morgan fingerprint density at radius 3 is 2.69 bits per heavy atom. The number of benzene rings is 2. The number of halogens is 2. The van der Waals surface area contributed by atoms with E-state index in [0.717, 1.165) is 5.69 Å². The number of hydrogen-bond acceptors (Lipinski definition) is 3. The van der Waals surface area contributed by atoms with E-state index in [2.05, 4.69) is 31.2 Å². The number of nitrogens with zero attached hydrogens (tertiary/aromatic N) is 2. The van der Waals surface area contributed by atoms with Crippen molar-refractivity contribution in [1.82, 2.24) is 14.9 Å². The fourth-order valence-corrected chi connectivity index (χ4v) is 3.76. The molecular weight excluding hydrogens is 443 g/mol. The Balaban J connectivity index is 1.65. The largest absolute Gasteiger partial charge is 0.478 e. The number of aromatic amines is 1. The van der Waals surface area contributed by atoms with E-state index in [9.17, 15) is 14.0 Å². The molecule has 7 nitrogen and oxygen atoms in total. The predicted molar refractivity (Wildman–Crippen MR) is 107 cm³/mol. The summed E-state index contributed by atoms with van der Waals surface area (Å²) in [5.41, 5.74) is 2.39. The van der Waals surface area contributed by atoms with Gasteiger partial charge in [0.1, 0.15) is 11.9 Å². The van der Waals surface area contributed by atoms with Crippen LogP contribution in [-0.4, -0.2) is 38.5 Å². The number of imidazole rings is 1. The zero-order valence-electron chi connectivity index (χ0n) is 15.0. The molecule has 0 fully saturated rings. The summed E-state index contributed by atoms with van der Waals surface area (Å²) in [5, 5.41) is 11.8. The molecule has 3 aromatic rings. The summed E-state index contributed by atoms with van der Waals surface area (Å²) in [6, 6.07) is 9.45. The van der Waals surface area contributed by atoms with Gasteiger partial charge in [-0.05, 0) is 36.4 Å². The molecule has 2 amide bonds. The molecule has 1 aliphatic rings. The maximum absolute atomic E-state index is 14.7. The molecule has 2 heterocycles. The van der Waals surface area contributed by atoms with E-state index in [1.54, 1.807) is 18.5 Å². The number of fused-ring (bicyclic) bond motifs is 1. The van der Waals surface area contributed by atoms with Gasteiger partial charge in [-0.3, -0.25) is 0 Å². The Morgan fingerprint density at radius 2 is 2.00 bits per heavy atom. The van der Waals surface area contributed by atoms with Crippen LogP contribution in [0.4, 0.5) is 14.9 Å². The minimum absolute atomic E-state index is 0.122. The van der Waals surface area contributed by atoms with Gasteiger partial charge >= 0.3 is 12.0 Å². The SMILES string of the molecule is O=C(O)c1ccc(NC(=O)N2CCc3[nH]cnc3[C@H]2c2ccc(Br)cc2F)cc1. The third-order valence-corrected chi connectivity index (χ3v) is 5.32. The second-order valence-corrected chi connectivity index (χ2v) is 7.51. The summed E-state index contributed by atoms with van der Waals surface area (Å²) in [4.78, 5) is 32.9. The summed E-state index contributed by atoms with van der Waals surface area (Å²) in [7, 11) is 0. The van der Waals surface area contributed by atoms with E-state index in [-0.39, 0.29) is 5.56 Å². The number of carboxylic acids is 1. The lowest BCUT2D eigenvalue weighted by Crippen LogP contribution is -2.43. The van der Waals surface area contributed by atoms with Gasteiger partial charge in [-0.2, -0.15) is 0 Å². The Bertz CT molecular complexity index is 1080. The number of nitrogens with one attached hydrogen (secondary N) is 2. The molecule has 0 saturated heterocycles. The molecule has 1 aliphatic heterocycles. The molecule has 3 N–H and O–H groups in total. The van der Waals surface area contributed by atoms with Gasteiger partial charge in [0.2, 0.25) is 0 Å². The first-order valence-electron chi connectivity index (χ1n) is 8.82. The van der Waals surface area contributed by atoms with Crippen molar-refractivity contribution in [3.8, 4) is 0 Å². The number of carboxylic acid groups (broad SMARTS) is 1. The average Bonchev–Trinajstić information content (AvgIpc) is 3.17. The quantitative estimate of drug-likeness (QED) is 0.547. The minimum Gasteiger partial charge on any atom is -0.478 e. The van der Waals surface area contributed by atoms with Crippen LogP contribution in [0, 0.1) is 5.82 Å². The Kier molecular flexibility index (Phi) is 5.06. The summed E-state index contributed by atoms with van der Waals surface area (Å²) in [6.45, 7) is 0.369. The first-order chi connectivity index (χ1) is 13.9. The van der Waals surface area contributed by atoms with Gasteiger partial charge in [0.05, 0.1) is 17.6 Å². The highest BCUT2D eigenvalue weighted by Crippen LogP contribution is 2.35. The molecule has 0 unspecified atom stereocenters. The molecule has 0 spiro atoms. The van der Waals surface area contributed by atoms with E-state index in [4.69, 9.17) is 5.11 Å². The number of carbonyl (C=O) groups excluding carboxylic acids is 1. The highest BCUT2D eigenvalue weighted by Gasteiger charge is 2.35.